The smallest absolute Gasteiger partial charge is 0.282 e. The van der Waals surface area contributed by atoms with E-state index >= 15 is 0 Å². The van der Waals surface area contributed by atoms with Gasteiger partial charge < -0.3 is 5.32 Å². The molecule has 1 N–H and O–H groups in total. The summed E-state index contributed by atoms with van der Waals surface area (Å²) in [4.78, 5) is 18.0. The summed E-state index contributed by atoms with van der Waals surface area (Å²) in [5, 5.41) is 14.4. The maximum absolute atomic E-state index is 12.4. The zero-order valence-electron chi connectivity index (χ0n) is 10.9. The first-order valence-corrected chi connectivity index (χ1v) is 6.27. The summed E-state index contributed by atoms with van der Waals surface area (Å²) in [5.74, 6) is 0.554. The van der Waals surface area contributed by atoms with E-state index in [-0.39, 0.29) is 18.1 Å². The second-order valence-electron chi connectivity index (χ2n) is 5.30. The summed E-state index contributed by atoms with van der Waals surface area (Å²) in [6, 6.07) is 0.202. The Morgan fingerprint density at radius 3 is 3.00 bits per heavy atom. The van der Waals surface area contributed by atoms with Gasteiger partial charge in [-0.05, 0) is 24.3 Å². The van der Waals surface area contributed by atoms with Crippen molar-refractivity contribution in [2.24, 2.45) is 0 Å². The average Bonchev–Trinajstić information content (AvgIpc) is 3.00. The van der Waals surface area contributed by atoms with Crippen LogP contribution in [-0.2, 0) is 16.9 Å². The molecule has 3 heterocycles. The van der Waals surface area contributed by atoms with Crippen molar-refractivity contribution in [1.29, 1.82) is 0 Å². The van der Waals surface area contributed by atoms with Gasteiger partial charge in [0, 0.05) is 12.6 Å². The van der Waals surface area contributed by atoms with Crippen LogP contribution in [0.1, 0.15) is 26.1 Å². The van der Waals surface area contributed by atoms with Crippen LogP contribution in [0, 0.1) is 6.57 Å². The quantitative estimate of drug-likeness (QED) is 0.680. The van der Waals surface area contributed by atoms with Crippen LogP contribution >= 0.6 is 0 Å². The van der Waals surface area contributed by atoms with Gasteiger partial charge in [0.05, 0.1) is 13.0 Å². The molecule has 8 heteroatoms. The van der Waals surface area contributed by atoms with Gasteiger partial charge in [-0.25, -0.2) is 16.2 Å². The summed E-state index contributed by atoms with van der Waals surface area (Å²) in [7, 11) is 0. The lowest BCUT2D eigenvalue weighted by molar-refractivity contribution is -0.131. The lowest BCUT2D eigenvalue weighted by atomic mass is 9.95. The molecule has 1 fully saturated rings. The van der Waals surface area contributed by atoms with Crippen molar-refractivity contribution in [2.75, 3.05) is 6.54 Å². The fourth-order valence-corrected chi connectivity index (χ4v) is 2.92. The number of hydrogen-bond acceptors (Lipinski definition) is 5. The van der Waals surface area contributed by atoms with Gasteiger partial charge in [0.15, 0.2) is 11.4 Å². The van der Waals surface area contributed by atoms with Crippen molar-refractivity contribution in [3.8, 4) is 0 Å². The zero-order chi connectivity index (χ0) is 13.6. The van der Waals surface area contributed by atoms with Crippen molar-refractivity contribution in [3.63, 3.8) is 0 Å². The van der Waals surface area contributed by atoms with Crippen LogP contribution in [0.25, 0.3) is 4.85 Å². The minimum absolute atomic E-state index is 0.0934. The average molecular weight is 261 g/mol. The molecule has 2 atom stereocenters. The second kappa shape index (κ2) is 3.99. The van der Waals surface area contributed by atoms with E-state index in [0.29, 0.717) is 25.3 Å². The van der Waals surface area contributed by atoms with Gasteiger partial charge in [-0.2, -0.15) is 0 Å². The number of nitrogens with zero attached hydrogens (tertiary/aromatic N) is 6. The molecular formula is C11H15N7O. The van der Waals surface area contributed by atoms with Gasteiger partial charge in [0.1, 0.15) is 0 Å². The molecule has 0 radical (unpaired) electrons. The first-order valence-electron chi connectivity index (χ1n) is 6.27. The molecule has 0 saturated carbocycles. The molecule has 2 aliphatic rings. The van der Waals surface area contributed by atoms with E-state index in [9.17, 15) is 4.79 Å². The Labute approximate surface area is 110 Å². The normalized spacial score (nSPS) is 30.4. The SMILES string of the molecule is [C-]#[N+][C@@H]1C[C@@]2(CN1C(C)C)C(=O)NCc1nnnn12. The number of carbonyl (C=O) groups is 1. The topological polar surface area (TPSA) is 80.3 Å². The predicted octanol–water partition coefficient (Wildman–Crippen LogP) is -0.642. The highest BCUT2D eigenvalue weighted by molar-refractivity contribution is 5.86. The van der Waals surface area contributed by atoms with E-state index in [1.54, 1.807) is 4.68 Å². The van der Waals surface area contributed by atoms with Crippen molar-refractivity contribution in [1.82, 2.24) is 30.4 Å². The Balaban J connectivity index is 2.06. The molecule has 1 aromatic heterocycles. The van der Waals surface area contributed by atoms with Gasteiger partial charge >= 0.3 is 0 Å². The zero-order valence-corrected chi connectivity index (χ0v) is 10.9. The highest BCUT2D eigenvalue weighted by atomic mass is 16.2. The van der Waals surface area contributed by atoms with Crippen molar-refractivity contribution >= 4 is 5.91 Å². The van der Waals surface area contributed by atoms with Crippen LogP contribution in [0.15, 0.2) is 0 Å². The highest BCUT2D eigenvalue weighted by Crippen LogP contribution is 2.37. The molecule has 1 aromatic rings. The fraction of sp³-hybridized carbons (Fsp3) is 0.727. The maximum Gasteiger partial charge on any atom is 0.282 e. The number of tetrazole rings is 1. The van der Waals surface area contributed by atoms with Crippen LogP contribution < -0.4 is 5.32 Å². The van der Waals surface area contributed by atoms with Crippen LogP contribution in [-0.4, -0.2) is 49.8 Å². The Morgan fingerprint density at radius 1 is 1.58 bits per heavy atom. The fourth-order valence-electron chi connectivity index (χ4n) is 2.92. The Bertz CT molecular complexity index is 560. The lowest BCUT2D eigenvalue weighted by Crippen LogP contribution is -2.55. The van der Waals surface area contributed by atoms with E-state index in [2.05, 4.69) is 25.7 Å². The molecule has 1 spiro atoms. The number of rotatable bonds is 1. The summed E-state index contributed by atoms with van der Waals surface area (Å²) in [6.45, 7) is 12.2. The molecule has 8 nitrogen and oxygen atoms in total. The molecule has 1 amide bonds. The highest BCUT2D eigenvalue weighted by Gasteiger charge is 2.57. The summed E-state index contributed by atoms with van der Waals surface area (Å²) in [5.41, 5.74) is -0.837. The number of amides is 1. The Kier molecular flexibility index (Phi) is 2.53. The molecule has 100 valence electrons. The first kappa shape index (κ1) is 12.0. The number of fused-ring (bicyclic) bond motifs is 2. The molecule has 3 rings (SSSR count). The van der Waals surface area contributed by atoms with Gasteiger partial charge in [-0.3, -0.25) is 9.64 Å². The van der Waals surface area contributed by atoms with Crippen LogP contribution in [0.3, 0.4) is 0 Å². The molecule has 0 aromatic carbocycles. The molecule has 0 bridgehead atoms. The Morgan fingerprint density at radius 2 is 2.37 bits per heavy atom. The van der Waals surface area contributed by atoms with Crippen molar-refractivity contribution in [2.45, 2.75) is 44.6 Å². The van der Waals surface area contributed by atoms with Gasteiger partial charge in [0.2, 0.25) is 5.91 Å². The minimum atomic E-state index is -0.837. The lowest BCUT2D eigenvalue weighted by Gasteiger charge is -2.31. The predicted molar refractivity (Wildman–Crippen MR) is 64.5 cm³/mol. The van der Waals surface area contributed by atoms with E-state index in [0.717, 1.165) is 0 Å². The van der Waals surface area contributed by atoms with E-state index in [1.807, 2.05) is 18.7 Å². The third kappa shape index (κ3) is 1.55. The first-order chi connectivity index (χ1) is 9.08. The van der Waals surface area contributed by atoms with Crippen LogP contribution in [0.5, 0.6) is 0 Å². The minimum Gasteiger partial charge on any atom is -0.347 e. The number of nitrogens with one attached hydrogen (secondary N) is 1. The number of hydrogen-bond donors (Lipinski definition) is 1. The molecule has 19 heavy (non-hydrogen) atoms. The van der Waals surface area contributed by atoms with E-state index in [4.69, 9.17) is 6.57 Å². The number of likely N-dealkylation sites (tertiary alicyclic amines) is 1. The van der Waals surface area contributed by atoms with Crippen molar-refractivity contribution in [3.05, 3.63) is 17.2 Å². The number of carbonyl (C=O) groups excluding carboxylic acids is 1. The van der Waals surface area contributed by atoms with Gasteiger partial charge in [-0.1, -0.05) is 0 Å². The molecule has 0 unspecified atom stereocenters. The van der Waals surface area contributed by atoms with Gasteiger partial charge in [-0.15, -0.1) is 5.10 Å². The Hall–Kier alpha value is -2.01. The third-order valence-corrected chi connectivity index (χ3v) is 3.93. The molecule has 0 aliphatic carbocycles. The van der Waals surface area contributed by atoms with Crippen LogP contribution in [0.2, 0.25) is 0 Å². The maximum atomic E-state index is 12.4. The summed E-state index contributed by atoms with van der Waals surface area (Å²) < 4.78 is 1.60. The molecular weight excluding hydrogens is 246 g/mol. The molecule has 1 saturated heterocycles. The van der Waals surface area contributed by atoms with E-state index < -0.39 is 5.54 Å². The number of aromatic nitrogens is 4. The molecule has 2 aliphatic heterocycles. The second-order valence-corrected chi connectivity index (χ2v) is 5.30. The third-order valence-electron chi connectivity index (χ3n) is 3.93. The summed E-state index contributed by atoms with van der Waals surface area (Å²) >= 11 is 0. The largest absolute Gasteiger partial charge is 0.347 e. The van der Waals surface area contributed by atoms with E-state index in [1.165, 1.54) is 0 Å². The van der Waals surface area contributed by atoms with Crippen molar-refractivity contribution < 1.29 is 4.79 Å². The van der Waals surface area contributed by atoms with Gasteiger partial charge in [0.25, 0.3) is 6.17 Å². The standard InChI is InChI=1S/C11H15N7O/c1-7(2)17-6-11(4-8(17)12-3)10(19)13-5-9-14-15-16-18(9)11/h7-8H,4-6H2,1-2H3,(H,13,19)/t8-,11+/m0/s1. The van der Waals surface area contributed by atoms with Crippen LogP contribution in [0.4, 0.5) is 0 Å². The summed E-state index contributed by atoms with van der Waals surface area (Å²) in [6.07, 6.45) is 0.124. The monoisotopic (exact) mass is 261 g/mol.